The Hall–Kier alpha value is -2.57. The minimum Gasteiger partial charge on any atom is -0.494 e. The van der Waals surface area contributed by atoms with Crippen LogP contribution in [-0.4, -0.2) is 37.7 Å². The van der Waals surface area contributed by atoms with Gasteiger partial charge in [-0.1, -0.05) is 70.4 Å². The van der Waals surface area contributed by atoms with E-state index in [9.17, 15) is 14.4 Å². The predicted octanol–water partition coefficient (Wildman–Crippen LogP) is 5.91. The maximum absolute atomic E-state index is 12.4. The van der Waals surface area contributed by atoms with E-state index in [0.717, 1.165) is 17.7 Å². The molecule has 0 saturated carbocycles. The molecule has 35 heavy (non-hydrogen) atoms. The molecule has 1 atom stereocenters. The van der Waals surface area contributed by atoms with Gasteiger partial charge in [-0.15, -0.1) is 0 Å². The fourth-order valence-electron chi connectivity index (χ4n) is 3.93. The van der Waals surface area contributed by atoms with Gasteiger partial charge in [-0.05, 0) is 44.4 Å². The third-order valence-corrected chi connectivity index (χ3v) is 5.79. The van der Waals surface area contributed by atoms with Crippen LogP contribution in [0.15, 0.2) is 24.3 Å². The number of hydrogen-bond acceptors (Lipinski definition) is 6. The first kappa shape index (κ1) is 30.5. The number of carbonyl (C=O) groups is 3. The summed E-state index contributed by atoms with van der Waals surface area (Å²) in [6.45, 7) is 7.98. The van der Waals surface area contributed by atoms with Crippen molar-refractivity contribution in [3.8, 4) is 5.75 Å². The fourth-order valence-corrected chi connectivity index (χ4v) is 3.93. The van der Waals surface area contributed by atoms with Crippen LogP contribution in [0.5, 0.6) is 5.75 Å². The lowest BCUT2D eigenvalue weighted by Crippen LogP contribution is -2.34. The van der Waals surface area contributed by atoms with Crippen LogP contribution in [0.2, 0.25) is 0 Å². The molecule has 1 rings (SSSR count). The summed E-state index contributed by atoms with van der Waals surface area (Å²) >= 11 is 0. The van der Waals surface area contributed by atoms with E-state index in [-0.39, 0.29) is 25.5 Å². The van der Waals surface area contributed by atoms with Crippen LogP contribution in [0.1, 0.15) is 104 Å². The number of hydrogen-bond donors (Lipinski definition) is 1. The highest BCUT2D eigenvalue weighted by atomic mass is 16.6. The molecule has 0 bridgehead atoms. The SMILES string of the molecule is CCCCCCCCCCCOc1ccc(C(CC(C(=O)OCC)C(=O)OCC)NC(C)=O)cc1. The van der Waals surface area contributed by atoms with Crippen molar-refractivity contribution in [2.24, 2.45) is 5.92 Å². The zero-order valence-electron chi connectivity index (χ0n) is 22.1. The zero-order chi connectivity index (χ0) is 25.9. The molecule has 0 fully saturated rings. The molecular formula is C28H45NO6. The third-order valence-electron chi connectivity index (χ3n) is 5.79. The standard InChI is InChI=1S/C28H45NO6/c1-5-8-9-10-11-12-13-14-15-20-35-24-18-16-23(17-19-24)26(29-22(4)30)21-25(27(31)33-6-2)28(32)34-7-3/h16-19,25-26H,5-15,20-21H2,1-4H3,(H,29,30). The number of rotatable bonds is 19. The van der Waals surface area contributed by atoms with Crippen LogP contribution in [0.4, 0.5) is 0 Å². The maximum atomic E-state index is 12.4. The molecule has 1 amide bonds. The molecule has 7 heteroatoms. The quantitative estimate of drug-likeness (QED) is 0.147. The molecule has 0 aliphatic heterocycles. The Morgan fingerprint density at radius 1 is 0.771 bits per heavy atom. The Kier molecular flexibility index (Phi) is 16.3. The first-order valence-corrected chi connectivity index (χ1v) is 13.3. The normalized spacial score (nSPS) is 11.7. The predicted molar refractivity (Wildman–Crippen MR) is 137 cm³/mol. The molecule has 198 valence electrons. The van der Waals surface area contributed by atoms with Gasteiger partial charge in [0.25, 0.3) is 0 Å². The Bertz CT molecular complexity index is 715. The van der Waals surface area contributed by atoms with E-state index in [1.54, 1.807) is 13.8 Å². The summed E-state index contributed by atoms with van der Waals surface area (Å²) in [7, 11) is 0. The molecule has 0 radical (unpaired) electrons. The Balaban J connectivity index is 2.61. The summed E-state index contributed by atoms with van der Waals surface area (Å²) in [5.74, 6) is -1.92. The van der Waals surface area contributed by atoms with Crippen molar-refractivity contribution >= 4 is 17.8 Å². The molecule has 1 N–H and O–H groups in total. The van der Waals surface area contributed by atoms with Crippen molar-refractivity contribution in [3.63, 3.8) is 0 Å². The monoisotopic (exact) mass is 491 g/mol. The molecule has 1 aromatic rings. The molecule has 0 aliphatic rings. The van der Waals surface area contributed by atoms with E-state index in [2.05, 4.69) is 12.2 Å². The van der Waals surface area contributed by atoms with Crippen molar-refractivity contribution < 1.29 is 28.6 Å². The molecule has 1 unspecified atom stereocenters. The zero-order valence-corrected chi connectivity index (χ0v) is 22.1. The van der Waals surface area contributed by atoms with Crippen molar-refractivity contribution in [2.75, 3.05) is 19.8 Å². The highest BCUT2D eigenvalue weighted by Gasteiger charge is 2.33. The summed E-state index contributed by atoms with van der Waals surface area (Å²) in [4.78, 5) is 36.6. The number of ether oxygens (including phenoxy) is 3. The van der Waals surface area contributed by atoms with Gasteiger partial charge < -0.3 is 19.5 Å². The van der Waals surface area contributed by atoms with Gasteiger partial charge in [0, 0.05) is 6.92 Å². The van der Waals surface area contributed by atoms with Gasteiger partial charge in [-0.3, -0.25) is 14.4 Å². The van der Waals surface area contributed by atoms with Crippen molar-refractivity contribution in [1.82, 2.24) is 5.32 Å². The highest BCUT2D eigenvalue weighted by molar-refractivity contribution is 5.95. The Morgan fingerprint density at radius 2 is 1.29 bits per heavy atom. The summed E-state index contributed by atoms with van der Waals surface area (Å²) < 4.78 is 16.0. The minimum absolute atomic E-state index is 0.0515. The molecule has 0 spiro atoms. The average molecular weight is 492 g/mol. The van der Waals surface area contributed by atoms with E-state index in [1.165, 1.54) is 58.3 Å². The van der Waals surface area contributed by atoms with E-state index in [1.807, 2.05) is 24.3 Å². The van der Waals surface area contributed by atoms with Gasteiger partial charge in [-0.25, -0.2) is 0 Å². The van der Waals surface area contributed by atoms with Crippen molar-refractivity contribution in [3.05, 3.63) is 29.8 Å². The summed E-state index contributed by atoms with van der Waals surface area (Å²) in [6.07, 6.45) is 11.4. The summed E-state index contributed by atoms with van der Waals surface area (Å²) in [6, 6.07) is 6.85. The number of amides is 1. The molecule has 7 nitrogen and oxygen atoms in total. The molecule has 1 aromatic carbocycles. The first-order chi connectivity index (χ1) is 16.9. The van der Waals surface area contributed by atoms with Crippen LogP contribution in [0.3, 0.4) is 0 Å². The lowest BCUT2D eigenvalue weighted by Gasteiger charge is -2.23. The van der Waals surface area contributed by atoms with Crippen molar-refractivity contribution in [2.45, 2.75) is 97.9 Å². The fraction of sp³-hybridized carbons (Fsp3) is 0.679. The van der Waals surface area contributed by atoms with Gasteiger partial charge in [0.15, 0.2) is 5.92 Å². The molecule has 0 saturated heterocycles. The second kappa shape index (κ2) is 18.7. The van der Waals surface area contributed by atoms with E-state index < -0.39 is 23.9 Å². The molecule has 0 heterocycles. The largest absolute Gasteiger partial charge is 0.494 e. The number of carbonyl (C=O) groups excluding carboxylic acids is 3. The second-order valence-electron chi connectivity index (χ2n) is 8.79. The van der Waals surface area contributed by atoms with Crippen molar-refractivity contribution in [1.29, 1.82) is 0 Å². The minimum atomic E-state index is -1.12. The van der Waals surface area contributed by atoms with Crippen LogP contribution in [0, 0.1) is 5.92 Å². The van der Waals surface area contributed by atoms with Crippen LogP contribution < -0.4 is 10.1 Å². The van der Waals surface area contributed by atoms with E-state index in [0.29, 0.717) is 6.61 Å². The lowest BCUT2D eigenvalue weighted by molar-refractivity contribution is -0.162. The highest BCUT2D eigenvalue weighted by Crippen LogP contribution is 2.26. The summed E-state index contributed by atoms with van der Waals surface area (Å²) in [5.41, 5.74) is 0.772. The van der Waals surface area contributed by atoms with Crippen LogP contribution >= 0.6 is 0 Å². The van der Waals surface area contributed by atoms with Gasteiger partial charge in [0.05, 0.1) is 25.9 Å². The number of nitrogens with one attached hydrogen (secondary N) is 1. The Morgan fingerprint density at radius 3 is 1.77 bits per heavy atom. The average Bonchev–Trinajstić information content (AvgIpc) is 2.83. The number of esters is 2. The maximum Gasteiger partial charge on any atom is 0.320 e. The number of unbranched alkanes of at least 4 members (excludes halogenated alkanes) is 8. The van der Waals surface area contributed by atoms with Gasteiger partial charge in [0.1, 0.15) is 5.75 Å². The summed E-state index contributed by atoms with van der Waals surface area (Å²) in [5, 5.41) is 2.83. The smallest absolute Gasteiger partial charge is 0.320 e. The van der Waals surface area contributed by atoms with Gasteiger partial charge >= 0.3 is 11.9 Å². The van der Waals surface area contributed by atoms with Crippen LogP contribution in [-0.2, 0) is 23.9 Å². The topological polar surface area (TPSA) is 90.9 Å². The van der Waals surface area contributed by atoms with Crippen LogP contribution in [0.25, 0.3) is 0 Å². The molecule has 0 aromatic heterocycles. The number of benzene rings is 1. The van der Waals surface area contributed by atoms with Gasteiger partial charge in [0.2, 0.25) is 5.91 Å². The van der Waals surface area contributed by atoms with E-state index in [4.69, 9.17) is 14.2 Å². The first-order valence-electron chi connectivity index (χ1n) is 13.3. The Labute approximate surface area is 211 Å². The van der Waals surface area contributed by atoms with E-state index >= 15 is 0 Å². The molecule has 0 aliphatic carbocycles. The van der Waals surface area contributed by atoms with Gasteiger partial charge in [-0.2, -0.15) is 0 Å². The molecular weight excluding hydrogens is 446 g/mol. The second-order valence-corrected chi connectivity index (χ2v) is 8.79. The lowest BCUT2D eigenvalue weighted by atomic mass is 9.94. The third kappa shape index (κ3) is 13.2.